The van der Waals surface area contributed by atoms with Crippen molar-refractivity contribution in [3.8, 4) is 0 Å². The molecule has 3 nitrogen and oxygen atoms in total. The molecule has 5 heteroatoms. The summed E-state index contributed by atoms with van der Waals surface area (Å²) in [6.07, 6.45) is 4.63. The van der Waals surface area contributed by atoms with E-state index >= 15 is 0 Å². The maximum Gasteiger partial charge on any atom is 0.251 e. The minimum atomic E-state index is 0. The molecule has 2 aliphatic heterocycles. The molecule has 1 fully saturated rings. The van der Waals surface area contributed by atoms with Crippen molar-refractivity contribution in [2.24, 2.45) is 0 Å². The fraction of sp³-hybridized carbons (Fsp3) is 0.533. The standard InChI is InChI=1S/C15H20N2OS.ClH/c18-15(17-10-11-4-3-9-19-11)13-5-1-7-14-12(13)6-2-8-16-14;/h1,5,7,11,16H,2-4,6,8-10H2,(H,17,18);1H. The maximum absolute atomic E-state index is 12.3. The van der Waals surface area contributed by atoms with Crippen LogP contribution in [0.1, 0.15) is 35.2 Å². The summed E-state index contributed by atoms with van der Waals surface area (Å²) in [7, 11) is 0. The SMILES string of the molecule is Cl.O=C(NCC1CCCS1)c1cccc2c1CCCN2. The average molecular weight is 313 g/mol. The monoisotopic (exact) mass is 312 g/mol. The molecule has 1 atom stereocenters. The highest BCUT2D eigenvalue weighted by Gasteiger charge is 2.20. The van der Waals surface area contributed by atoms with Crippen LogP contribution >= 0.6 is 24.2 Å². The molecule has 1 amide bonds. The summed E-state index contributed by atoms with van der Waals surface area (Å²) in [4.78, 5) is 12.3. The number of amides is 1. The second-order valence-electron chi connectivity index (χ2n) is 5.21. The van der Waals surface area contributed by atoms with E-state index in [9.17, 15) is 4.79 Å². The smallest absolute Gasteiger partial charge is 0.251 e. The largest absolute Gasteiger partial charge is 0.385 e. The lowest BCUT2D eigenvalue weighted by molar-refractivity contribution is 0.0952. The van der Waals surface area contributed by atoms with Gasteiger partial charge in [-0.2, -0.15) is 11.8 Å². The minimum absolute atomic E-state index is 0. The number of anilines is 1. The van der Waals surface area contributed by atoms with Gasteiger partial charge in [-0.25, -0.2) is 0 Å². The zero-order valence-electron chi connectivity index (χ0n) is 11.5. The molecular formula is C15H21ClN2OS. The average Bonchev–Trinajstić information content (AvgIpc) is 2.97. The lowest BCUT2D eigenvalue weighted by Gasteiger charge is -2.21. The highest BCUT2D eigenvalue weighted by atomic mass is 35.5. The number of hydrogen-bond acceptors (Lipinski definition) is 3. The Balaban J connectivity index is 0.00000147. The first-order valence-corrected chi connectivity index (χ1v) is 8.15. The molecule has 0 aromatic heterocycles. The summed E-state index contributed by atoms with van der Waals surface area (Å²) in [5.74, 6) is 1.33. The lowest BCUT2D eigenvalue weighted by Crippen LogP contribution is -2.31. The number of rotatable bonds is 3. The number of carbonyl (C=O) groups is 1. The molecule has 1 unspecified atom stereocenters. The summed E-state index contributed by atoms with van der Waals surface area (Å²) >= 11 is 1.98. The van der Waals surface area contributed by atoms with Crippen molar-refractivity contribution in [2.45, 2.75) is 30.9 Å². The molecule has 2 aliphatic rings. The predicted octanol–water partition coefficient (Wildman–Crippen LogP) is 3.09. The molecule has 1 aromatic carbocycles. The Morgan fingerprint density at radius 2 is 2.30 bits per heavy atom. The van der Waals surface area contributed by atoms with Crippen LogP contribution in [0, 0.1) is 0 Å². The Hall–Kier alpha value is -0.870. The van der Waals surface area contributed by atoms with E-state index in [-0.39, 0.29) is 18.3 Å². The van der Waals surface area contributed by atoms with E-state index in [4.69, 9.17) is 0 Å². The highest BCUT2D eigenvalue weighted by Crippen LogP contribution is 2.27. The quantitative estimate of drug-likeness (QED) is 0.901. The highest BCUT2D eigenvalue weighted by molar-refractivity contribution is 8.00. The van der Waals surface area contributed by atoms with Crippen LogP contribution in [0.5, 0.6) is 0 Å². The van der Waals surface area contributed by atoms with E-state index in [1.165, 1.54) is 24.2 Å². The Kier molecular flexibility index (Phi) is 5.61. The van der Waals surface area contributed by atoms with Crippen LogP contribution in [0.2, 0.25) is 0 Å². The Labute approximate surface area is 130 Å². The minimum Gasteiger partial charge on any atom is -0.385 e. The molecule has 3 rings (SSSR count). The van der Waals surface area contributed by atoms with Crippen molar-refractivity contribution < 1.29 is 4.79 Å². The van der Waals surface area contributed by atoms with Crippen LogP contribution in [0.15, 0.2) is 18.2 Å². The molecule has 1 saturated heterocycles. The van der Waals surface area contributed by atoms with Gasteiger partial charge in [-0.15, -0.1) is 12.4 Å². The van der Waals surface area contributed by atoms with Gasteiger partial charge in [-0.3, -0.25) is 4.79 Å². The van der Waals surface area contributed by atoms with Crippen molar-refractivity contribution in [1.82, 2.24) is 5.32 Å². The molecule has 2 N–H and O–H groups in total. The molecule has 0 aliphatic carbocycles. The van der Waals surface area contributed by atoms with Crippen molar-refractivity contribution in [1.29, 1.82) is 0 Å². The topological polar surface area (TPSA) is 41.1 Å². The number of nitrogens with one attached hydrogen (secondary N) is 2. The van der Waals surface area contributed by atoms with Gasteiger partial charge in [0, 0.05) is 29.6 Å². The molecule has 0 radical (unpaired) electrons. The van der Waals surface area contributed by atoms with Crippen LogP contribution in [-0.4, -0.2) is 30.0 Å². The van der Waals surface area contributed by atoms with E-state index in [1.54, 1.807) is 0 Å². The third-order valence-electron chi connectivity index (χ3n) is 3.85. The third-order valence-corrected chi connectivity index (χ3v) is 5.25. The normalized spacial score (nSPS) is 20.5. The van der Waals surface area contributed by atoms with Gasteiger partial charge in [0.05, 0.1) is 0 Å². The van der Waals surface area contributed by atoms with Gasteiger partial charge in [0.2, 0.25) is 0 Å². The first-order chi connectivity index (χ1) is 9.34. The van der Waals surface area contributed by atoms with Gasteiger partial charge in [-0.05, 0) is 49.1 Å². The number of thioether (sulfide) groups is 1. The van der Waals surface area contributed by atoms with Crippen molar-refractivity contribution in [2.75, 3.05) is 24.2 Å². The fourth-order valence-electron chi connectivity index (χ4n) is 2.83. The second-order valence-corrected chi connectivity index (χ2v) is 6.62. The molecule has 0 saturated carbocycles. The first kappa shape index (κ1) is 15.5. The molecule has 20 heavy (non-hydrogen) atoms. The van der Waals surface area contributed by atoms with Crippen LogP contribution in [0.4, 0.5) is 5.69 Å². The third kappa shape index (κ3) is 3.41. The van der Waals surface area contributed by atoms with E-state index in [0.29, 0.717) is 5.25 Å². The summed E-state index contributed by atoms with van der Waals surface area (Å²) in [6, 6.07) is 5.98. The van der Waals surface area contributed by atoms with Gasteiger partial charge >= 0.3 is 0 Å². The lowest BCUT2D eigenvalue weighted by atomic mass is 9.97. The number of halogens is 1. The number of benzene rings is 1. The Bertz CT molecular complexity index is 475. The van der Waals surface area contributed by atoms with Gasteiger partial charge in [0.25, 0.3) is 5.91 Å². The van der Waals surface area contributed by atoms with E-state index < -0.39 is 0 Å². The summed E-state index contributed by atoms with van der Waals surface area (Å²) < 4.78 is 0. The maximum atomic E-state index is 12.3. The summed E-state index contributed by atoms with van der Waals surface area (Å²) in [5, 5.41) is 7.09. The zero-order valence-corrected chi connectivity index (χ0v) is 13.1. The summed E-state index contributed by atoms with van der Waals surface area (Å²) in [5.41, 5.74) is 3.17. The number of fused-ring (bicyclic) bond motifs is 1. The number of hydrogen-bond donors (Lipinski definition) is 2. The predicted molar refractivity (Wildman–Crippen MR) is 88.3 cm³/mol. The molecule has 110 valence electrons. The second kappa shape index (κ2) is 7.23. The van der Waals surface area contributed by atoms with Crippen LogP contribution in [0.3, 0.4) is 0 Å². The van der Waals surface area contributed by atoms with Crippen molar-refractivity contribution in [3.05, 3.63) is 29.3 Å². The van der Waals surface area contributed by atoms with Crippen molar-refractivity contribution >= 4 is 35.8 Å². The van der Waals surface area contributed by atoms with E-state index in [1.807, 2.05) is 23.9 Å². The molecular weight excluding hydrogens is 292 g/mol. The summed E-state index contributed by atoms with van der Waals surface area (Å²) in [6.45, 7) is 1.82. The van der Waals surface area contributed by atoms with E-state index in [0.717, 1.165) is 37.2 Å². The molecule has 0 spiro atoms. The Morgan fingerprint density at radius 3 is 3.10 bits per heavy atom. The van der Waals surface area contributed by atoms with Gasteiger partial charge in [0.15, 0.2) is 0 Å². The fourth-order valence-corrected chi connectivity index (χ4v) is 4.03. The van der Waals surface area contributed by atoms with Gasteiger partial charge in [0.1, 0.15) is 0 Å². The first-order valence-electron chi connectivity index (χ1n) is 7.10. The zero-order chi connectivity index (χ0) is 13.1. The van der Waals surface area contributed by atoms with Crippen LogP contribution in [-0.2, 0) is 6.42 Å². The number of carbonyl (C=O) groups excluding carboxylic acids is 1. The van der Waals surface area contributed by atoms with Crippen LogP contribution in [0.25, 0.3) is 0 Å². The Morgan fingerprint density at radius 1 is 1.40 bits per heavy atom. The van der Waals surface area contributed by atoms with Gasteiger partial charge < -0.3 is 10.6 Å². The van der Waals surface area contributed by atoms with Crippen molar-refractivity contribution in [3.63, 3.8) is 0 Å². The van der Waals surface area contributed by atoms with Gasteiger partial charge in [-0.1, -0.05) is 6.07 Å². The molecule has 0 bridgehead atoms. The van der Waals surface area contributed by atoms with Crippen LogP contribution < -0.4 is 10.6 Å². The van der Waals surface area contributed by atoms with E-state index in [2.05, 4.69) is 16.7 Å². The molecule has 1 aromatic rings. The molecule has 2 heterocycles.